The minimum Gasteiger partial charge on any atom is -0.438 e. The summed E-state index contributed by atoms with van der Waals surface area (Å²) in [6.45, 7) is 9.56. The number of hydrogen-bond acceptors (Lipinski definition) is 3. The molecule has 0 spiro atoms. The summed E-state index contributed by atoms with van der Waals surface area (Å²) >= 11 is 0. The van der Waals surface area contributed by atoms with Gasteiger partial charge in [-0.15, -0.1) is 0 Å². The van der Waals surface area contributed by atoms with Crippen LogP contribution >= 0.6 is 0 Å². The largest absolute Gasteiger partial charge is 0.438 e. The van der Waals surface area contributed by atoms with Gasteiger partial charge in [-0.1, -0.05) is 20.8 Å². The van der Waals surface area contributed by atoms with Crippen molar-refractivity contribution in [3.05, 3.63) is 0 Å². The number of ether oxygens (including phenoxy) is 1. The average Bonchev–Trinajstić information content (AvgIpc) is 2.55. The van der Waals surface area contributed by atoms with Gasteiger partial charge in [-0.25, -0.2) is 13.6 Å². The lowest BCUT2D eigenvalue weighted by atomic mass is 10.2. The van der Waals surface area contributed by atoms with E-state index < -0.39 is 18.1 Å². The van der Waals surface area contributed by atoms with Crippen molar-refractivity contribution in [2.24, 2.45) is 0 Å². The van der Waals surface area contributed by atoms with E-state index >= 15 is 0 Å². The van der Waals surface area contributed by atoms with E-state index in [0.717, 1.165) is 0 Å². The maximum atomic E-state index is 13.4. The van der Waals surface area contributed by atoms with Crippen molar-refractivity contribution < 1.29 is 18.3 Å². The smallest absolute Gasteiger partial charge is 0.407 e. The van der Waals surface area contributed by atoms with Gasteiger partial charge in [0.2, 0.25) is 0 Å². The first-order valence-corrected chi connectivity index (χ1v) is 6.42. The molecule has 1 aliphatic rings. The molecule has 0 aromatic rings. The highest BCUT2D eigenvalue weighted by atomic mass is 19.3. The Morgan fingerprint density at radius 1 is 1.50 bits per heavy atom. The Morgan fingerprint density at radius 3 is 2.44 bits per heavy atom. The lowest BCUT2D eigenvalue weighted by Gasteiger charge is -2.19. The van der Waals surface area contributed by atoms with Crippen LogP contribution in [0.25, 0.3) is 0 Å². The topological polar surface area (TPSA) is 41.6 Å². The fourth-order valence-electron chi connectivity index (χ4n) is 1.60. The number of alkyl carbamates (subject to hydrolysis) is 1. The monoisotopic (exact) mass is 266 g/mol. The molecule has 4 nitrogen and oxygen atoms in total. The molecule has 1 heterocycles. The molecule has 0 saturated carbocycles. The summed E-state index contributed by atoms with van der Waals surface area (Å²) in [5.41, 5.74) is 0. The molecule has 0 aliphatic carbocycles. The molecule has 1 N–H and O–H groups in total. The van der Waals surface area contributed by atoms with Crippen LogP contribution in [-0.4, -0.2) is 48.7 Å². The molecule has 1 rings (SSSR count). The fraction of sp³-hybridized carbons (Fsp3) is 0.917. The molecular formula is C12H24F2N2O2. The van der Waals surface area contributed by atoms with E-state index in [1.54, 1.807) is 25.7 Å². The predicted molar refractivity (Wildman–Crippen MR) is 66.9 cm³/mol. The summed E-state index contributed by atoms with van der Waals surface area (Å²) in [6.07, 6.45) is -2.12. The lowest BCUT2D eigenvalue weighted by molar-refractivity contribution is -0.0780. The number of alkyl halides is 2. The summed E-state index contributed by atoms with van der Waals surface area (Å²) in [7, 11) is 0. The molecule has 1 aliphatic heterocycles. The van der Waals surface area contributed by atoms with Crippen molar-refractivity contribution in [1.29, 1.82) is 0 Å². The van der Waals surface area contributed by atoms with Gasteiger partial charge in [0, 0.05) is 12.6 Å². The summed E-state index contributed by atoms with van der Waals surface area (Å²) in [5.74, 6) is -2.95. The minimum atomic E-state index is -2.95. The maximum Gasteiger partial charge on any atom is 0.407 e. The highest BCUT2D eigenvalue weighted by Gasteiger charge is 2.50. The van der Waals surface area contributed by atoms with Crippen molar-refractivity contribution in [3.63, 3.8) is 0 Å². The average molecular weight is 266 g/mol. The van der Waals surface area contributed by atoms with Gasteiger partial charge in [-0.3, -0.25) is 4.90 Å². The first-order chi connectivity index (χ1) is 8.35. The van der Waals surface area contributed by atoms with E-state index in [0.29, 0.717) is 6.54 Å². The van der Waals surface area contributed by atoms with Crippen LogP contribution in [0.1, 0.15) is 34.6 Å². The third-order valence-corrected chi connectivity index (χ3v) is 2.43. The van der Waals surface area contributed by atoms with Crippen molar-refractivity contribution in [2.45, 2.75) is 52.7 Å². The highest BCUT2D eigenvalue weighted by Crippen LogP contribution is 2.29. The number of likely N-dealkylation sites (N-methyl/N-ethyl adjacent to an activating group) is 1. The number of halogens is 2. The van der Waals surface area contributed by atoms with E-state index in [1.165, 1.54) is 0 Å². The van der Waals surface area contributed by atoms with E-state index in [2.05, 4.69) is 5.32 Å². The molecule has 108 valence electrons. The van der Waals surface area contributed by atoms with E-state index in [4.69, 9.17) is 4.74 Å². The number of carbonyl (C=O) groups is 1. The Kier molecular flexibility index (Phi) is 7.13. The van der Waals surface area contributed by atoms with Crippen LogP contribution in [0, 0.1) is 0 Å². The second-order valence-corrected chi connectivity index (χ2v) is 4.28. The van der Waals surface area contributed by atoms with Gasteiger partial charge in [0.15, 0.2) is 6.10 Å². The van der Waals surface area contributed by atoms with Crippen LogP contribution in [0.15, 0.2) is 0 Å². The standard InChI is InChI=1S/C10H18F2N2O2.C2H6/c1-4-14-5-8(10(11,12)6-14)16-9(15)13-7(2)3;1-2/h7-8H,4-6H2,1-3H3,(H,13,15);1-2H3. The molecule has 0 bridgehead atoms. The lowest BCUT2D eigenvalue weighted by Crippen LogP contribution is -2.40. The van der Waals surface area contributed by atoms with E-state index in [9.17, 15) is 13.6 Å². The van der Waals surface area contributed by atoms with Crippen molar-refractivity contribution in [2.75, 3.05) is 19.6 Å². The Bertz CT molecular complexity index is 260. The van der Waals surface area contributed by atoms with Crippen LogP contribution in [0.2, 0.25) is 0 Å². The first-order valence-electron chi connectivity index (χ1n) is 6.42. The first kappa shape index (κ1) is 17.1. The molecule has 1 fully saturated rings. The summed E-state index contributed by atoms with van der Waals surface area (Å²) in [5, 5.41) is 2.43. The molecule has 0 aromatic heterocycles. The van der Waals surface area contributed by atoms with E-state index in [1.807, 2.05) is 13.8 Å². The number of likely N-dealkylation sites (tertiary alicyclic amines) is 1. The highest BCUT2D eigenvalue weighted by molar-refractivity contribution is 5.67. The Hall–Kier alpha value is -0.910. The molecule has 18 heavy (non-hydrogen) atoms. The van der Waals surface area contributed by atoms with Crippen LogP contribution in [0.5, 0.6) is 0 Å². The minimum absolute atomic E-state index is 0.0923. The van der Waals surface area contributed by atoms with Crippen LogP contribution < -0.4 is 5.32 Å². The number of hydrogen-bond donors (Lipinski definition) is 1. The Balaban J connectivity index is 0.00000137. The number of nitrogens with one attached hydrogen (secondary N) is 1. The molecule has 1 amide bonds. The van der Waals surface area contributed by atoms with Gasteiger partial charge in [-0.2, -0.15) is 0 Å². The molecule has 0 aromatic carbocycles. The van der Waals surface area contributed by atoms with Crippen LogP contribution in [0.4, 0.5) is 13.6 Å². The second kappa shape index (κ2) is 7.51. The van der Waals surface area contributed by atoms with Crippen LogP contribution in [-0.2, 0) is 4.74 Å². The van der Waals surface area contributed by atoms with E-state index in [-0.39, 0.29) is 19.1 Å². The zero-order valence-electron chi connectivity index (χ0n) is 11.8. The normalized spacial score (nSPS) is 22.3. The number of rotatable bonds is 3. The molecule has 1 saturated heterocycles. The zero-order valence-corrected chi connectivity index (χ0v) is 11.8. The second-order valence-electron chi connectivity index (χ2n) is 4.28. The quantitative estimate of drug-likeness (QED) is 0.853. The predicted octanol–water partition coefficient (Wildman–Crippen LogP) is 2.49. The molecular weight excluding hydrogens is 242 g/mol. The molecule has 1 unspecified atom stereocenters. The van der Waals surface area contributed by atoms with Crippen molar-refractivity contribution in [3.8, 4) is 0 Å². The molecule has 1 atom stereocenters. The SMILES string of the molecule is CC.CCN1CC(OC(=O)NC(C)C)C(F)(F)C1. The van der Waals surface area contributed by atoms with Gasteiger partial charge in [0.05, 0.1) is 6.54 Å². The maximum absolute atomic E-state index is 13.4. The third kappa shape index (κ3) is 5.16. The van der Waals surface area contributed by atoms with Crippen molar-refractivity contribution in [1.82, 2.24) is 10.2 Å². The summed E-state index contributed by atoms with van der Waals surface area (Å²) in [4.78, 5) is 12.8. The van der Waals surface area contributed by atoms with Crippen molar-refractivity contribution >= 4 is 6.09 Å². The Labute approximate surface area is 108 Å². The zero-order chi connectivity index (χ0) is 14.3. The summed E-state index contributed by atoms with van der Waals surface area (Å²) < 4.78 is 31.5. The van der Waals surface area contributed by atoms with Gasteiger partial charge in [0.25, 0.3) is 5.92 Å². The molecule has 0 radical (unpaired) electrons. The number of amides is 1. The van der Waals surface area contributed by atoms with Gasteiger partial charge < -0.3 is 10.1 Å². The van der Waals surface area contributed by atoms with Gasteiger partial charge in [-0.05, 0) is 20.4 Å². The third-order valence-electron chi connectivity index (χ3n) is 2.43. The number of nitrogens with zero attached hydrogens (tertiary/aromatic N) is 1. The summed E-state index contributed by atoms with van der Waals surface area (Å²) in [6, 6.07) is -0.121. The van der Waals surface area contributed by atoms with Crippen LogP contribution in [0.3, 0.4) is 0 Å². The van der Waals surface area contributed by atoms with Gasteiger partial charge in [0.1, 0.15) is 0 Å². The fourth-order valence-corrected chi connectivity index (χ4v) is 1.60. The number of carbonyl (C=O) groups excluding carboxylic acids is 1. The van der Waals surface area contributed by atoms with Gasteiger partial charge >= 0.3 is 6.09 Å². The Morgan fingerprint density at radius 2 is 2.06 bits per heavy atom. The molecule has 6 heteroatoms.